The van der Waals surface area contributed by atoms with Gasteiger partial charge in [-0.2, -0.15) is 0 Å². The summed E-state index contributed by atoms with van der Waals surface area (Å²) in [5, 5.41) is 10.0. The van der Waals surface area contributed by atoms with E-state index in [1.165, 1.54) is 0 Å². The molecule has 5 heteroatoms. The van der Waals surface area contributed by atoms with Crippen LogP contribution in [0.1, 0.15) is 31.7 Å². The highest BCUT2D eigenvalue weighted by Gasteiger charge is 2.23. The summed E-state index contributed by atoms with van der Waals surface area (Å²) in [6.07, 6.45) is 4.15. The van der Waals surface area contributed by atoms with Crippen LogP contribution in [0.15, 0.2) is 12.4 Å². The maximum atomic E-state index is 10.0. The molecule has 1 saturated heterocycles. The molecule has 1 aromatic rings. The molecule has 1 unspecified atom stereocenters. The van der Waals surface area contributed by atoms with Gasteiger partial charge in [0.05, 0.1) is 13.2 Å². The standard InChI is InChI=1S/C11H18N2O3/c1-2-4-13-5-3-12-11(13)9(14)8-10-15-6-7-16-10/h3,5,9-10,14H,2,4,6-8H2,1H3. The molecule has 1 aliphatic heterocycles. The van der Waals surface area contributed by atoms with Gasteiger partial charge in [-0.3, -0.25) is 0 Å². The van der Waals surface area contributed by atoms with Crippen molar-refractivity contribution in [3.63, 3.8) is 0 Å². The molecule has 0 amide bonds. The van der Waals surface area contributed by atoms with Crippen molar-refractivity contribution < 1.29 is 14.6 Å². The van der Waals surface area contributed by atoms with E-state index in [1.807, 2.05) is 10.8 Å². The van der Waals surface area contributed by atoms with Gasteiger partial charge in [0.1, 0.15) is 11.9 Å². The Balaban J connectivity index is 1.96. The Kier molecular flexibility index (Phi) is 3.93. The summed E-state index contributed by atoms with van der Waals surface area (Å²) in [5.41, 5.74) is 0. The highest BCUT2D eigenvalue weighted by atomic mass is 16.7. The molecular weight excluding hydrogens is 208 g/mol. The minimum Gasteiger partial charge on any atom is -0.385 e. The molecule has 0 spiro atoms. The SMILES string of the molecule is CCCn1ccnc1C(O)CC1OCCO1. The van der Waals surface area contributed by atoms with Crippen molar-refractivity contribution >= 4 is 0 Å². The largest absolute Gasteiger partial charge is 0.385 e. The third-order valence-corrected chi connectivity index (χ3v) is 2.62. The number of hydrogen-bond acceptors (Lipinski definition) is 4. The van der Waals surface area contributed by atoms with E-state index in [-0.39, 0.29) is 6.29 Å². The van der Waals surface area contributed by atoms with Crippen molar-refractivity contribution in [2.24, 2.45) is 0 Å². The summed E-state index contributed by atoms with van der Waals surface area (Å²) in [4.78, 5) is 4.18. The zero-order chi connectivity index (χ0) is 11.4. The maximum Gasteiger partial charge on any atom is 0.160 e. The normalized spacial score (nSPS) is 19.1. The number of aromatic nitrogens is 2. The van der Waals surface area contributed by atoms with Crippen LogP contribution in [0.2, 0.25) is 0 Å². The first-order chi connectivity index (χ1) is 7.81. The topological polar surface area (TPSA) is 56.5 Å². The lowest BCUT2D eigenvalue weighted by molar-refractivity contribution is -0.0724. The Labute approximate surface area is 95.0 Å². The second kappa shape index (κ2) is 5.43. The second-order valence-corrected chi connectivity index (χ2v) is 3.90. The molecule has 1 atom stereocenters. The van der Waals surface area contributed by atoms with Crippen molar-refractivity contribution in [1.29, 1.82) is 0 Å². The fraction of sp³-hybridized carbons (Fsp3) is 0.727. The van der Waals surface area contributed by atoms with Gasteiger partial charge in [-0.25, -0.2) is 4.98 Å². The van der Waals surface area contributed by atoms with E-state index in [2.05, 4.69) is 11.9 Å². The lowest BCUT2D eigenvalue weighted by atomic mass is 10.2. The minimum absolute atomic E-state index is 0.290. The number of aliphatic hydroxyl groups is 1. The van der Waals surface area contributed by atoms with Crippen LogP contribution in [0.4, 0.5) is 0 Å². The summed E-state index contributed by atoms with van der Waals surface area (Å²) < 4.78 is 12.6. The summed E-state index contributed by atoms with van der Waals surface area (Å²) in [7, 11) is 0. The number of nitrogens with zero attached hydrogens (tertiary/aromatic N) is 2. The molecule has 1 aromatic heterocycles. The zero-order valence-electron chi connectivity index (χ0n) is 9.50. The van der Waals surface area contributed by atoms with E-state index in [0.717, 1.165) is 13.0 Å². The summed E-state index contributed by atoms with van der Waals surface area (Å²) in [6.45, 7) is 4.19. The summed E-state index contributed by atoms with van der Waals surface area (Å²) >= 11 is 0. The zero-order valence-corrected chi connectivity index (χ0v) is 9.50. The number of imidazole rings is 1. The predicted molar refractivity (Wildman–Crippen MR) is 57.8 cm³/mol. The van der Waals surface area contributed by atoms with Crippen molar-refractivity contribution in [3.05, 3.63) is 18.2 Å². The number of rotatable bonds is 5. The Bertz CT molecular complexity index is 321. The van der Waals surface area contributed by atoms with E-state index in [0.29, 0.717) is 25.5 Å². The van der Waals surface area contributed by atoms with Gasteiger partial charge < -0.3 is 19.1 Å². The smallest absolute Gasteiger partial charge is 0.160 e. The van der Waals surface area contributed by atoms with Gasteiger partial charge >= 0.3 is 0 Å². The molecule has 0 radical (unpaired) electrons. The van der Waals surface area contributed by atoms with Crippen molar-refractivity contribution in [3.8, 4) is 0 Å². The predicted octanol–water partition coefficient (Wildman–Crippen LogP) is 1.09. The Morgan fingerprint density at radius 3 is 3.00 bits per heavy atom. The van der Waals surface area contributed by atoms with Gasteiger partial charge in [0.2, 0.25) is 0 Å². The number of hydrogen-bond donors (Lipinski definition) is 1. The first-order valence-electron chi connectivity index (χ1n) is 5.73. The monoisotopic (exact) mass is 226 g/mol. The highest BCUT2D eigenvalue weighted by molar-refractivity contribution is 4.96. The molecule has 1 aliphatic rings. The average Bonchev–Trinajstić information content (AvgIpc) is 2.89. The maximum absolute atomic E-state index is 10.0. The van der Waals surface area contributed by atoms with Crippen LogP contribution in [-0.2, 0) is 16.0 Å². The van der Waals surface area contributed by atoms with Gasteiger partial charge in [-0.15, -0.1) is 0 Å². The molecular formula is C11H18N2O3. The highest BCUT2D eigenvalue weighted by Crippen LogP contribution is 2.21. The van der Waals surface area contributed by atoms with E-state index in [1.54, 1.807) is 6.20 Å². The third-order valence-electron chi connectivity index (χ3n) is 2.62. The Morgan fingerprint density at radius 1 is 1.56 bits per heavy atom. The molecule has 90 valence electrons. The van der Waals surface area contributed by atoms with Crippen LogP contribution in [0, 0.1) is 0 Å². The van der Waals surface area contributed by atoms with Crippen LogP contribution in [-0.4, -0.2) is 34.2 Å². The molecule has 1 N–H and O–H groups in total. The molecule has 1 fully saturated rings. The molecule has 2 heterocycles. The summed E-state index contributed by atoms with van der Waals surface area (Å²) in [5.74, 6) is 0.695. The quantitative estimate of drug-likeness (QED) is 0.816. The van der Waals surface area contributed by atoms with E-state index >= 15 is 0 Å². The fourth-order valence-electron chi connectivity index (χ4n) is 1.88. The second-order valence-electron chi connectivity index (χ2n) is 3.90. The van der Waals surface area contributed by atoms with E-state index in [9.17, 15) is 5.11 Å². The molecule has 0 saturated carbocycles. The minimum atomic E-state index is -0.621. The van der Waals surface area contributed by atoms with Crippen LogP contribution in [0.25, 0.3) is 0 Å². The first-order valence-corrected chi connectivity index (χ1v) is 5.73. The third kappa shape index (κ3) is 2.61. The number of aryl methyl sites for hydroxylation is 1. The van der Waals surface area contributed by atoms with Gasteiger partial charge in [0, 0.05) is 25.4 Å². The van der Waals surface area contributed by atoms with Gasteiger partial charge in [-0.05, 0) is 6.42 Å². The number of aliphatic hydroxyl groups excluding tert-OH is 1. The molecule has 2 rings (SSSR count). The van der Waals surface area contributed by atoms with Gasteiger partial charge in [0.25, 0.3) is 0 Å². The lowest BCUT2D eigenvalue weighted by Gasteiger charge is -2.15. The van der Waals surface area contributed by atoms with Gasteiger partial charge in [-0.1, -0.05) is 6.92 Å². The summed E-state index contributed by atoms with van der Waals surface area (Å²) in [6, 6.07) is 0. The lowest BCUT2D eigenvalue weighted by Crippen LogP contribution is -2.16. The first kappa shape index (κ1) is 11.6. The average molecular weight is 226 g/mol. The Hall–Kier alpha value is -0.910. The molecule has 16 heavy (non-hydrogen) atoms. The molecule has 0 aromatic carbocycles. The van der Waals surface area contributed by atoms with Crippen LogP contribution >= 0.6 is 0 Å². The fourth-order valence-corrected chi connectivity index (χ4v) is 1.88. The van der Waals surface area contributed by atoms with Crippen LogP contribution in [0.3, 0.4) is 0 Å². The van der Waals surface area contributed by atoms with Gasteiger partial charge in [0.15, 0.2) is 6.29 Å². The molecule has 0 bridgehead atoms. The van der Waals surface area contributed by atoms with E-state index in [4.69, 9.17) is 9.47 Å². The van der Waals surface area contributed by atoms with E-state index < -0.39 is 6.10 Å². The molecule has 5 nitrogen and oxygen atoms in total. The Morgan fingerprint density at radius 2 is 2.31 bits per heavy atom. The van der Waals surface area contributed by atoms with Crippen molar-refractivity contribution in [2.75, 3.05) is 13.2 Å². The number of ether oxygens (including phenoxy) is 2. The van der Waals surface area contributed by atoms with Crippen molar-refractivity contribution in [1.82, 2.24) is 9.55 Å². The van der Waals surface area contributed by atoms with Crippen LogP contribution < -0.4 is 0 Å². The van der Waals surface area contributed by atoms with Crippen molar-refractivity contribution in [2.45, 2.75) is 38.7 Å². The molecule has 0 aliphatic carbocycles. The van der Waals surface area contributed by atoms with Crippen LogP contribution in [0.5, 0.6) is 0 Å².